The second-order valence-corrected chi connectivity index (χ2v) is 9.90. The van der Waals surface area contributed by atoms with E-state index in [1.54, 1.807) is 19.1 Å². The molecule has 26 heavy (non-hydrogen) atoms. The molecule has 1 atom stereocenters. The third-order valence-electron chi connectivity index (χ3n) is 3.80. The number of carboxylic acid groups (broad SMARTS) is 1. The molecule has 8 heteroatoms. The number of aliphatic hydroxyl groups is 1. The number of rotatable bonds is 6. The number of hydrogen-bond acceptors (Lipinski definition) is 6. The van der Waals surface area contributed by atoms with Gasteiger partial charge in [0.2, 0.25) is 0 Å². The van der Waals surface area contributed by atoms with E-state index in [2.05, 4.69) is 18.0 Å². The van der Waals surface area contributed by atoms with E-state index in [0.717, 1.165) is 26.3 Å². The van der Waals surface area contributed by atoms with Crippen molar-refractivity contribution in [2.24, 2.45) is 5.92 Å². The molecule has 0 aromatic heterocycles. The number of aliphatic hydroxyl groups excluding tert-OH is 1. The van der Waals surface area contributed by atoms with Crippen molar-refractivity contribution in [1.29, 1.82) is 0 Å². The van der Waals surface area contributed by atoms with Crippen molar-refractivity contribution in [1.82, 2.24) is 4.90 Å². The van der Waals surface area contributed by atoms with Crippen molar-refractivity contribution in [2.45, 2.75) is 20.0 Å². The molecule has 1 saturated heterocycles. The van der Waals surface area contributed by atoms with Gasteiger partial charge in [-0.3, -0.25) is 9.69 Å². The van der Waals surface area contributed by atoms with Gasteiger partial charge in [-0.2, -0.15) is 0 Å². The molecule has 0 spiro atoms. The largest absolute Gasteiger partial charge is 0.493 e. The monoisotopic (exact) mass is 385 g/mol. The Morgan fingerprint density at radius 3 is 2.31 bits per heavy atom. The molecular weight excluding hydrogens is 354 g/mol. The molecule has 1 aromatic carbocycles. The van der Waals surface area contributed by atoms with Crippen LogP contribution in [0.3, 0.4) is 0 Å². The van der Waals surface area contributed by atoms with Gasteiger partial charge in [0.25, 0.3) is 0 Å². The Kier molecular flexibility index (Phi) is 10.4. The highest BCUT2D eigenvalue weighted by atomic mass is 28.4. The third-order valence-corrected chi connectivity index (χ3v) is 5.59. The molecule has 0 amide bonds. The Morgan fingerprint density at radius 1 is 1.23 bits per heavy atom. The van der Waals surface area contributed by atoms with Crippen LogP contribution in [-0.4, -0.2) is 75.7 Å². The lowest BCUT2D eigenvalue weighted by atomic mass is 10.2. The van der Waals surface area contributed by atoms with Gasteiger partial charge < -0.3 is 23.8 Å². The molecule has 1 unspecified atom stereocenters. The zero-order valence-corrected chi connectivity index (χ0v) is 16.9. The van der Waals surface area contributed by atoms with Crippen LogP contribution in [0.4, 0.5) is 0 Å². The Balaban J connectivity index is 0.000000260. The van der Waals surface area contributed by atoms with E-state index >= 15 is 0 Å². The van der Waals surface area contributed by atoms with Gasteiger partial charge in [-0.15, -0.1) is 0 Å². The van der Waals surface area contributed by atoms with Gasteiger partial charge >= 0.3 is 14.5 Å². The van der Waals surface area contributed by atoms with Crippen molar-refractivity contribution in [3.8, 4) is 5.75 Å². The Hall–Kier alpha value is -1.45. The SMILES string of the molecule is CC(COc1ccccc1)C(=O)O.C[Si]1(C)OCCN(CCO)CCO1. The van der Waals surface area contributed by atoms with Gasteiger partial charge in [0.15, 0.2) is 0 Å². The second kappa shape index (κ2) is 12.0. The minimum atomic E-state index is -1.81. The molecule has 2 N–H and O–H groups in total. The summed E-state index contributed by atoms with van der Waals surface area (Å²) < 4.78 is 16.5. The first-order valence-electron chi connectivity index (χ1n) is 8.86. The molecule has 1 heterocycles. The minimum absolute atomic E-state index is 0.208. The number of aliphatic carboxylic acids is 1. The fourth-order valence-electron chi connectivity index (χ4n) is 2.17. The quantitative estimate of drug-likeness (QED) is 0.722. The summed E-state index contributed by atoms with van der Waals surface area (Å²) in [6, 6.07) is 9.18. The number of hydrogen-bond donors (Lipinski definition) is 2. The number of carboxylic acids is 1. The maximum Gasteiger partial charge on any atom is 0.331 e. The molecular formula is C18H31NO6Si. The van der Waals surface area contributed by atoms with E-state index in [-0.39, 0.29) is 13.2 Å². The highest BCUT2D eigenvalue weighted by molar-refractivity contribution is 6.64. The first-order chi connectivity index (χ1) is 12.3. The minimum Gasteiger partial charge on any atom is -0.493 e. The summed E-state index contributed by atoms with van der Waals surface area (Å²) in [5, 5.41) is 17.3. The van der Waals surface area contributed by atoms with Crippen molar-refractivity contribution in [3.05, 3.63) is 30.3 Å². The molecule has 7 nitrogen and oxygen atoms in total. The van der Waals surface area contributed by atoms with Crippen molar-refractivity contribution in [3.63, 3.8) is 0 Å². The lowest BCUT2D eigenvalue weighted by molar-refractivity contribution is -0.142. The van der Waals surface area contributed by atoms with Crippen LogP contribution in [0.5, 0.6) is 5.75 Å². The normalized spacial score (nSPS) is 18.6. The van der Waals surface area contributed by atoms with E-state index < -0.39 is 20.4 Å². The summed E-state index contributed by atoms with van der Waals surface area (Å²) in [4.78, 5) is 12.6. The van der Waals surface area contributed by atoms with E-state index in [1.807, 2.05) is 18.2 Å². The Bertz CT molecular complexity index is 502. The fraction of sp³-hybridized carbons (Fsp3) is 0.611. The molecule has 148 valence electrons. The molecule has 0 saturated carbocycles. The van der Waals surface area contributed by atoms with Crippen molar-refractivity contribution >= 4 is 14.5 Å². The number of ether oxygens (including phenoxy) is 1. The lowest BCUT2D eigenvalue weighted by Gasteiger charge is -2.30. The third kappa shape index (κ3) is 9.88. The Morgan fingerprint density at radius 2 is 1.81 bits per heavy atom. The highest BCUT2D eigenvalue weighted by Crippen LogP contribution is 2.10. The summed E-state index contributed by atoms with van der Waals surface area (Å²) >= 11 is 0. The summed E-state index contributed by atoms with van der Waals surface area (Å²) in [5.74, 6) is -0.605. The Labute approximate surface area is 156 Å². The van der Waals surface area contributed by atoms with E-state index in [4.69, 9.17) is 23.8 Å². The molecule has 0 radical (unpaired) electrons. The fourth-order valence-corrected chi connectivity index (χ4v) is 3.42. The van der Waals surface area contributed by atoms with Crippen molar-refractivity contribution < 1.29 is 28.6 Å². The predicted molar refractivity (Wildman–Crippen MR) is 102 cm³/mol. The van der Waals surface area contributed by atoms with Crippen LogP contribution >= 0.6 is 0 Å². The first kappa shape index (κ1) is 22.6. The van der Waals surface area contributed by atoms with Crippen LogP contribution in [0.15, 0.2) is 30.3 Å². The molecule has 1 aromatic rings. The summed E-state index contributed by atoms with van der Waals surface area (Å²) in [6.45, 7) is 10.1. The lowest BCUT2D eigenvalue weighted by Crippen LogP contribution is -2.44. The van der Waals surface area contributed by atoms with Gasteiger partial charge in [0.05, 0.1) is 12.5 Å². The maximum absolute atomic E-state index is 10.4. The molecule has 0 bridgehead atoms. The number of carbonyl (C=O) groups is 1. The van der Waals surface area contributed by atoms with Crippen LogP contribution in [-0.2, 0) is 13.6 Å². The molecule has 1 fully saturated rings. The van der Waals surface area contributed by atoms with Crippen LogP contribution < -0.4 is 4.74 Å². The standard InChI is InChI=1S/C10H12O3.C8H19NO3Si/c1-8(10(11)12)7-13-9-5-3-2-4-6-9;1-13(2)11-7-4-9(3-6-10)5-8-12-13/h2-6,8H,7H2,1H3,(H,11,12);10H,3-8H2,1-2H3. The van der Waals surface area contributed by atoms with Gasteiger partial charge in [0.1, 0.15) is 12.4 Å². The average molecular weight is 386 g/mol. The van der Waals surface area contributed by atoms with Gasteiger partial charge in [0, 0.05) is 32.8 Å². The maximum atomic E-state index is 10.4. The summed E-state index contributed by atoms with van der Waals surface area (Å²) in [6.07, 6.45) is 0. The average Bonchev–Trinajstić information content (AvgIpc) is 2.59. The zero-order chi connectivity index (χ0) is 19.4. The molecule has 2 rings (SSSR count). The number of β-amino-alcohol motifs (C(OH)–C–C–N with tert-alkyl or cyclic N) is 1. The van der Waals surface area contributed by atoms with E-state index in [0.29, 0.717) is 12.3 Å². The highest BCUT2D eigenvalue weighted by Gasteiger charge is 2.26. The van der Waals surface area contributed by atoms with Crippen LogP contribution in [0.1, 0.15) is 6.92 Å². The van der Waals surface area contributed by atoms with Gasteiger partial charge in [-0.05, 0) is 32.2 Å². The number of nitrogens with zero attached hydrogens (tertiary/aromatic N) is 1. The summed E-state index contributed by atoms with van der Waals surface area (Å²) in [7, 11) is -1.81. The molecule has 0 aliphatic carbocycles. The molecule has 1 aliphatic heterocycles. The predicted octanol–water partition coefficient (Wildman–Crippen LogP) is 1.82. The topological polar surface area (TPSA) is 88.5 Å². The van der Waals surface area contributed by atoms with E-state index in [9.17, 15) is 4.79 Å². The number of para-hydroxylation sites is 1. The van der Waals surface area contributed by atoms with Crippen LogP contribution in [0, 0.1) is 5.92 Å². The van der Waals surface area contributed by atoms with Crippen LogP contribution in [0.25, 0.3) is 0 Å². The summed E-state index contributed by atoms with van der Waals surface area (Å²) in [5.41, 5.74) is 0. The smallest absolute Gasteiger partial charge is 0.331 e. The first-order valence-corrected chi connectivity index (χ1v) is 11.7. The number of benzene rings is 1. The van der Waals surface area contributed by atoms with Gasteiger partial charge in [-0.25, -0.2) is 0 Å². The van der Waals surface area contributed by atoms with E-state index in [1.165, 1.54) is 0 Å². The molecule has 1 aliphatic rings. The van der Waals surface area contributed by atoms with Crippen molar-refractivity contribution in [2.75, 3.05) is 46.1 Å². The zero-order valence-electron chi connectivity index (χ0n) is 15.9. The second-order valence-electron chi connectivity index (χ2n) is 6.53. The van der Waals surface area contributed by atoms with Crippen LogP contribution in [0.2, 0.25) is 13.1 Å². The van der Waals surface area contributed by atoms with Gasteiger partial charge in [-0.1, -0.05) is 18.2 Å².